The molecule has 1 rings (SSSR count). The summed E-state index contributed by atoms with van der Waals surface area (Å²) in [5.74, 6) is 0. The van der Waals surface area contributed by atoms with Crippen molar-refractivity contribution in [3.63, 3.8) is 0 Å². The highest BCUT2D eigenvalue weighted by atomic mass is 16.5. The van der Waals surface area contributed by atoms with E-state index in [1.54, 1.807) is 7.11 Å². The van der Waals surface area contributed by atoms with Crippen molar-refractivity contribution in [2.45, 2.75) is 32.4 Å². The molecule has 0 aliphatic carbocycles. The second-order valence-electron chi connectivity index (χ2n) is 3.54. The van der Waals surface area contributed by atoms with Crippen LogP contribution in [0, 0.1) is 0 Å². The molecule has 80 valence electrons. The molecule has 1 heterocycles. The summed E-state index contributed by atoms with van der Waals surface area (Å²) < 4.78 is 5.16. The zero-order valence-corrected chi connectivity index (χ0v) is 9.05. The van der Waals surface area contributed by atoms with E-state index >= 15 is 0 Å². The van der Waals surface area contributed by atoms with Gasteiger partial charge in [-0.1, -0.05) is 13.3 Å². The highest BCUT2D eigenvalue weighted by Crippen LogP contribution is 2.01. The number of methoxy groups -OCH3 is 1. The quantitative estimate of drug-likeness (QED) is 0.699. The number of nitrogens with one attached hydrogen (secondary N) is 2. The van der Waals surface area contributed by atoms with Gasteiger partial charge < -0.3 is 15.0 Å². The Morgan fingerprint density at radius 1 is 1.57 bits per heavy atom. The molecule has 0 saturated carbocycles. The van der Waals surface area contributed by atoms with Gasteiger partial charge in [0.1, 0.15) is 0 Å². The number of rotatable bonds is 7. The smallest absolute Gasteiger partial charge is 0.0615 e. The molecule has 14 heavy (non-hydrogen) atoms. The second-order valence-corrected chi connectivity index (χ2v) is 3.54. The van der Waals surface area contributed by atoms with Gasteiger partial charge in [-0.3, -0.25) is 0 Å². The fraction of sp³-hybridized carbons (Fsp3) is 0.636. The van der Waals surface area contributed by atoms with Crippen LogP contribution < -0.4 is 5.32 Å². The Morgan fingerprint density at radius 3 is 3.00 bits per heavy atom. The molecule has 0 fully saturated rings. The lowest BCUT2D eigenvalue weighted by Gasteiger charge is -2.16. The molecule has 0 amide bonds. The molecular formula is C11H20N2O. The van der Waals surface area contributed by atoms with Crippen LogP contribution in [0.25, 0.3) is 0 Å². The van der Waals surface area contributed by atoms with Crippen LogP contribution in [0.3, 0.4) is 0 Å². The molecule has 1 aromatic heterocycles. The molecular weight excluding hydrogens is 176 g/mol. The van der Waals surface area contributed by atoms with Crippen molar-refractivity contribution in [3.05, 3.63) is 24.0 Å². The third-order valence-electron chi connectivity index (χ3n) is 2.26. The zero-order chi connectivity index (χ0) is 10.2. The van der Waals surface area contributed by atoms with Crippen molar-refractivity contribution in [2.75, 3.05) is 13.7 Å². The molecule has 0 aliphatic rings. The van der Waals surface area contributed by atoms with E-state index in [-0.39, 0.29) is 0 Å². The van der Waals surface area contributed by atoms with Crippen LogP contribution >= 0.6 is 0 Å². The number of aromatic amines is 1. The van der Waals surface area contributed by atoms with Gasteiger partial charge in [0.25, 0.3) is 0 Å². The van der Waals surface area contributed by atoms with Crippen LogP contribution in [0.2, 0.25) is 0 Å². The largest absolute Gasteiger partial charge is 0.383 e. The van der Waals surface area contributed by atoms with Gasteiger partial charge in [-0.25, -0.2) is 0 Å². The molecule has 3 heteroatoms. The number of hydrogen-bond donors (Lipinski definition) is 2. The standard InChI is InChI=1S/C11H20N2O/c1-3-4-11(9-14-2)13-8-10-5-6-12-7-10/h5-7,11-13H,3-4,8-9H2,1-2H3. The van der Waals surface area contributed by atoms with Gasteiger partial charge in [-0.15, -0.1) is 0 Å². The molecule has 0 aliphatic heterocycles. The maximum atomic E-state index is 5.16. The van der Waals surface area contributed by atoms with Crippen LogP contribution in [0.1, 0.15) is 25.3 Å². The van der Waals surface area contributed by atoms with E-state index in [0.29, 0.717) is 6.04 Å². The molecule has 1 aromatic rings. The monoisotopic (exact) mass is 196 g/mol. The molecule has 3 nitrogen and oxygen atoms in total. The van der Waals surface area contributed by atoms with Gasteiger partial charge in [-0.05, 0) is 18.1 Å². The predicted octanol–water partition coefficient (Wildman–Crippen LogP) is 1.92. The fourth-order valence-electron chi connectivity index (χ4n) is 1.52. The van der Waals surface area contributed by atoms with E-state index in [1.807, 2.05) is 12.4 Å². The van der Waals surface area contributed by atoms with Crippen molar-refractivity contribution >= 4 is 0 Å². The topological polar surface area (TPSA) is 37.0 Å². The Hall–Kier alpha value is -0.800. The third kappa shape index (κ3) is 3.94. The van der Waals surface area contributed by atoms with Crippen molar-refractivity contribution in [1.29, 1.82) is 0 Å². The van der Waals surface area contributed by atoms with Gasteiger partial charge in [0.15, 0.2) is 0 Å². The molecule has 1 unspecified atom stereocenters. The van der Waals surface area contributed by atoms with E-state index in [0.717, 1.165) is 19.6 Å². The summed E-state index contributed by atoms with van der Waals surface area (Å²) in [6.45, 7) is 3.90. The Morgan fingerprint density at radius 2 is 2.43 bits per heavy atom. The number of ether oxygens (including phenoxy) is 1. The lowest BCUT2D eigenvalue weighted by atomic mass is 10.1. The molecule has 1 atom stereocenters. The summed E-state index contributed by atoms with van der Waals surface area (Å²) in [6.07, 6.45) is 6.32. The van der Waals surface area contributed by atoms with Crippen LogP contribution in [0.5, 0.6) is 0 Å². The highest BCUT2D eigenvalue weighted by Gasteiger charge is 2.05. The molecule has 0 saturated heterocycles. The van der Waals surface area contributed by atoms with Crippen molar-refractivity contribution in [2.24, 2.45) is 0 Å². The molecule has 0 bridgehead atoms. The Bertz CT molecular complexity index is 215. The number of hydrogen-bond acceptors (Lipinski definition) is 2. The minimum atomic E-state index is 0.472. The Balaban J connectivity index is 2.25. The van der Waals surface area contributed by atoms with Gasteiger partial charge in [0, 0.05) is 32.1 Å². The van der Waals surface area contributed by atoms with Crippen LogP contribution in [0.15, 0.2) is 18.5 Å². The number of H-pyrrole nitrogens is 1. The maximum absolute atomic E-state index is 5.16. The first-order valence-electron chi connectivity index (χ1n) is 5.20. The molecule has 0 aromatic carbocycles. The summed E-state index contributed by atoms with van der Waals surface area (Å²) in [4.78, 5) is 3.05. The summed E-state index contributed by atoms with van der Waals surface area (Å²) in [7, 11) is 1.75. The first kappa shape index (κ1) is 11.3. The molecule has 0 radical (unpaired) electrons. The van der Waals surface area contributed by atoms with E-state index in [1.165, 1.54) is 12.0 Å². The van der Waals surface area contributed by atoms with E-state index in [9.17, 15) is 0 Å². The van der Waals surface area contributed by atoms with Gasteiger partial charge in [-0.2, -0.15) is 0 Å². The second kappa shape index (κ2) is 6.62. The lowest BCUT2D eigenvalue weighted by molar-refractivity contribution is 0.161. The Labute approximate surface area is 85.9 Å². The van der Waals surface area contributed by atoms with E-state index < -0.39 is 0 Å². The fourth-order valence-corrected chi connectivity index (χ4v) is 1.52. The van der Waals surface area contributed by atoms with E-state index in [2.05, 4.69) is 23.3 Å². The maximum Gasteiger partial charge on any atom is 0.0615 e. The average molecular weight is 196 g/mol. The van der Waals surface area contributed by atoms with E-state index in [4.69, 9.17) is 4.74 Å². The predicted molar refractivity (Wildman–Crippen MR) is 58.2 cm³/mol. The highest BCUT2D eigenvalue weighted by molar-refractivity contribution is 5.07. The minimum Gasteiger partial charge on any atom is -0.383 e. The van der Waals surface area contributed by atoms with Crippen molar-refractivity contribution < 1.29 is 4.74 Å². The number of aromatic nitrogens is 1. The van der Waals surface area contributed by atoms with Crippen molar-refractivity contribution in [3.8, 4) is 0 Å². The minimum absolute atomic E-state index is 0.472. The first-order chi connectivity index (χ1) is 6.86. The van der Waals surface area contributed by atoms with Crippen LogP contribution in [0.4, 0.5) is 0 Å². The first-order valence-corrected chi connectivity index (χ1v) is 5.20. The van der Waals surface area contributed by atoms with Gasteiger partial charge >= 0.3 is 0 Å². The SMILES string of the molecule is CCCC(COC)NCc1cc[nH]c1. The van der Waals surface area contributed by atoms with Gasteiger partial charge in [0.2, 0.25) is 0 Å². The summed E-state index contributed by atoms with van der Waals surface area (Å²) in [5, 5.41) is 3.48. The Kier molecular flexibility index (Phi) is 5.33. The summed E-state index contributed by atoms with van der Waals surface area (Å²) in [5.41, 5.74) is 1.29. The van der Waals surface area contributed by atoms with Crippen molar-refractivity contribution in [1.82, 2.24) is 10.3 Å². The summed E-state index contributed by atoms with van der Waals surface area (Å²) in [6, 6.07) is 2.56. The zero-order valence-electron chi connectivity index (χ0n) is 9.05. The lowest BCUT2D eigenvalue weighted by Crippen LogP contribution is -2.32. The molecule has 2 N–H and O–H groups in total. The normalized spacial score (nSPS) is 13.0. The third-order valence-corrected chi connectivity index (χ3v) is 2.26. The van der Waals surface area contributed by atoms with Gasteiger partial charge in [0.05, 0.1) is 6.61 Å². The summed E-state index contributed by atoms with van der Waals surface area (Å²) >= 11 is 0. The average Bonchev–Trinajstić information content (AvgIpc) is 2.67. The van der Waals surface area contributed by atoms with Crippen LogP contribution in [-0.4, -0.2) is 24.7 Å². The van der Waals surface area contributed by atoms with Crippen LogP contribution in [-0.2, 0) is 11.3 Å². The molecule has 0 spiro atoms.